The molecule has 1 aromatic rings. The Balaban J connectivity index is 2.58. The first-order chi connectivity index (χ1) is 10.0. The minimum absolute atomic E-state index is 0.256. The maximum atomic E-state index is 12.0. The highest BCUT2D eigenvalue weighted by atomic mass is 35.5. The van der Waals surface area contributed by atoms with E-state index in [1.165, 1.54) is 12.0 Å². The Morgan fingerprint density at radius 1 is 1.57 bits per heavy atom. The number of methoxy groups -OCH3 is 1. The van der Waals surface area contributed by atoms with E-state index in [-0.39, 0.29) is 12.5 Å². The van der Waals surface area contributed by atoms with Crippen molar-refractivity contribution in [2.75, 3.05) is 20.3 Å². The Kier molecular flexibility index (Phi) is 4.69. The number of likely N-dealkylation sites (N-methyl/N-ethyl adjacent to an activating group) is 1. The van der Waals surface area contributed by atoms with Gasteiger partial charge in [0.15, 0.2) is 6.10 Å². The lowest BCUT2D eigenvalue weighted by atomic mass is 9.96. The van der Waals surface area contributed by atoms with Gasteiger partial charge in [0, 0.05) is 17.1 Å². The lowest BCUT2D eigenvalue weighted by Gasteiger charge is -2.39. The number of benzene rings is 1. The average Bonchev–Trinajstić information content (AvgIpc) is 2.46. The molecule has 1 aromatic carbocycles. The van der Waals surface area contributed by atoms with Gasteiger partial charge in [-0.2, -0.15) is 0 Å². The molecule has 0 aliphatic carbocycles. The van der Waals surface area contributed by atoms with Gasteiger partial charge in [0.2, 0.25) is 5.91 Å². The van der Waals surface area contributed by atoms with E-state index in [0.717, 1.165) is 0 Å². The number of rotatable bonds is 4. The van der Waals surface area contributed by atoms with Crippen LogP contribution in [0.2, 0.25) is 5.02 Å². The van der Waals surface area contributed by atoms with Gasteiger partial charge < -0.3 is 19.5 Å². The van der Waals surface area contributed by atoms with Crippen LogP contribution < -0.4 is 4.74 Å². The summed E-state index contributed by atoms with van der Waals surface area (Å²) in [5.74, 6) is -0.995. The van der Waals surface area contributed by atoms with Crippen molar-refractivity contribution < 1.29 is 24.2 Å². The Bertz CT molecular complexity index is 560. The summed E-state index contributed by atoms with van der Waals surface area (Å²) >= 11 is 6.22. The van der Waals surface area contributed by atoms with Crippen LogP contribution in [0.4, 0.5) is 0 Å². The molecule has 7 heteroatoms. The summed E-state index contributed by atoms with van der Waals surface area (Å²) in [6, 6.07) is 4.18. The summed E-state index contributed by atoms with van der Waals surface area (Å²) in [7, 11) is 1.47. The molecule has 1 N–H and O–H groups in total. The molecule has 2 unspecified atom stereocenters. The Labute approximate surface area is 127 Å². The lowest BCUT2D eigenvalue weighted by Crippen LogP contribution is -2.51. The third-order valence-electron chi connectivity index (χ3n) is 3.44. The summed E-state index contributed by atoms with van der Waals surface area (Å²) in [4.78, 5) is 24.9. The zero-order valence-electron chi connectivity index (χ0n) is 11.7. The number of hydrogen-bond donors (Lipinski definition) is 1. The van der Waals surface area contributed by atoms with Gasteiger partial charge in [0.25, 0.3) is 0 Å². The van der Waals surface area contributed by atoms with E-state index in [2.05, 4.69) is 0 Å². The van der Waals surface area contributed by atoms with Crippen molar-refractivity contribution >= 4 is 23.5 Å². The minimum atomic E-state index is -1.18. The van der Waals surface area contributed by atoms with E-state index in [1.807, 2.05) is 0 Å². The monoisotopic (exact) mass is 313 g/mol. The molecule has 0 radical (unpaired) electrons. The van der Waals surface area contributed by atoms with Crippen LogP contribution in [0.5, 0.6) is 5.75 Å². The number of ether oxygens (including phenoxy) is 2. The first-order valence-electron chi connectivity index (χ1n) is 6.47. The molecule has 2 atom stereocenters. The summed E-state index contributed by atoms with van der Waals surface area (Å²) in [5, 5.41) is 9.71. The van der Waals surface area contributed by atoms with E-state index in [4.69, 9.17) is 21.1 Å². The second-order valence-electron chi connectivity index (χ2n) is 4.55. The number of aliphatic carboxylic acids is 1. The van der Waals surface area contributed by atoms with Crippen molar-refractivity contribution in [1.29, 1.82) is 0 Å². The van der Waals surface area contributed by atoms with Crippen LogP contribution in [0, 0.1) is 0 Å². The molecule has 1 fully saturated rings. The van der Waals surface area contributed by atoms with Gasteiger partial charge in [-0.1, -0.05) is 17.7 Å². The van der Waals surface area contributed by atoms with Gasteiger partial charge in [0.1, 0.15) is 12.4 Å². The predicted octanol–water partition coefficient (Wildman–Crippen LogP) is 1.72. The van der Waals surface area contributed by atoms with Crippen LogP contribution in [0.1, 0.15) is 18.5 Å². The molecule has 6 nitrogen and oxygen atoms in total. The van der Waals surface area contributed by atoms with Crippen LogP contribution in [-0.2, 0) is 14.3 Å². The summed E-state index contributed by atoms with van der Waals surface area (Å²) in [5.41, 5.74) is 0.448. The molecule has 0 aromatic heterocycles. The molecular formula is C14H16ClNO5. The molecule has 1 aliphatic rings. The fraction of sp³-hybridized carbons (Fsp3) is 0.429. The number of carboxylic acids is 1. The molecule has 114 valence electrons. The number of halogens is 1. The van der Waals surface area contributed by atoms with Crippen LogP contribution in [0.25, 0.3) is 0 Å². The third-order valence-corrected chi connectivity index (χ3v) is 3.77. The highest BCUT2D eigenvalue weighted by molar-refractivity contribution is 6.31. The van der Waals surface area contributed by atoms with Crippen LogP contribution in [0.15, 0.2) is 18.2 Å². The van der Waals surface area contributed by atoms with Crippen LogP contribution >= 0.6 is 11.6 Å². The van der Waals surface area contributed by atoms with E-state index < -0.39 is 18.1 Å². The molecule has 0 saturated carbocycles. The van der Waals surface area contributed by atoms with Gasteiger partial charge in [-0.25, -0.2) is 4.79 Å². The average molecular weight is 314 g/mol. The largest absolute Gasteiger partial charge is 0.496 e. The molecular weight excluding hydrogens is 298 g/mol. The standard InChI is InChI=1S/C14H16ClNO5/c1-3-16-10(17)7-21-13(14(18)19)12(16)11-8(15)5-4-6-9(11)20-2/h4-6,12-13H,3,7H2,1-2H3,(H,18,19). The zero-order valence-corrected chi connectivity index (χ0v) is 12.5. The van der Waals surface area contributed by atoms with E-state index in [0.29, 0.717) is 22.9 Å². The van der Waals surface area contributed by atoms with Gasteiger partial charge >= 0.3 is 5.97 Å². The Morgan fingerprint density at radius 2 is 2.29 bits per heavy atom. The second kappa shape index (κ2) is 6.32. The Morgan fingerprint density at radius 3 is 2.86 bits per heavy atom. The molecule has 1 amide bonds. The van der Waals surface area contributed by atoms with E-state index in [1.54, 1.807) is 25.1 Å². The maximum absolute atomic E-state index is 12.0. The first kappa shape index (κ1) is 15.6. The SMILES string of the molecule is CCN1C(=O)COC(C(=O)O)C1c1c(Cl)cccc1OC. The number of carbonyl (C=O) groups excluding carboxylic acids is 1. The summed E-state index contributed by atoms with van der Waals surface area (Å²) in [6.45, 7) is 1.87. The van der Waals surface area contributed by atoms with Crippen molar-refractivity contribution in [2.45, 2.75) is 19.1 Å². The lowest BCUT2D eigenvalue weighted by molar-refractivity contribution is -0.172. The van der Waals surface area contributed by atoms with Crippen molar-refractivity contribution in [3.05, 3.63) is 28.8 Å². The van der Waals surface area contributed by atoms with Crippen molar-refractivity contribution in [2.24, 2.45) is 0 Å². The summed E-state index contributed by atoms with van der Waals surface area (Å²) < 4.78 is 10.5. The highest BCUT2D eigenvalue weighted by Gasteiger charge is 2.43. The van der Waals surface area contributed by atoms with Crippen LogP contribution in [-0.4, -0.2) is 48.2 Å². The maximum Gasteiger partial charge on any atom is 0.335 e. The normalized spacial score (nSPS) is 22.2. The topological polar surface area (TPSA) is 76.1 Å². The zero-order chi connectivity index (χ0) is 15.6. The van der Waals surface area contributed by atoms with Gasteiger partial charge in [0.05, 0.1) is 13.2 Å². The number of morpholine rings is 1. The van der Waals surface area contributed by atoms with Gasteiger partial charge in [-0.05, 0) is 19.1 Å². The van der Waals surface area contributed by atoms with Gasteiger partial charge in [-0.3, -0.25) is 4.79 Å². The minimum Gasteiger partial charge on any atom is -0.496 e. The molecule has 1 saturated heterocycles. The fourth-order valence-corrected chi connectivity index (χ4v) is 2.80. The molecule has 0 bridgehead atoms. The fourth-order valence-electron chi connectivity index (χ4n) is 2.52. The molecule has 0 spiro atoms. The number of hydrogen-bond acceptors (Lipinski definition) is 4. The third kappa shape index (κ3) is 2.82. The van der Waals surface area contributed by atoms with Crippen molar-refractivity contribution in [3.63, 3.8) is 0 Å². The quantitative estimate of drug-likeness (QED) is 0.916. The summed E-state index contributed by atoms with van der Waals surface area (Å²) in [6.07, 6.45) is -1.18. The van der Waals surface area contributed by atoms with E-state index in [9.17, 15) is 14.7 Å². The smallest absolute Gasteiger partial charge is 0.335 e. The Hall–Kier alpha value is -1.79. The van der Waals surface area contributed by atoms with Crippen molar-refractivity contribution in [3.8, 4) is 5.75 Å². The van der Waals surface area contributed by atoms with Crippen LogP contribution in [0.3, 0.4) is 0 Å². The molecule has 1 aliphatic heterocycles. The molecule has 21 heavy (non-hydrogen) atoms. The van der Waals surface area contributed by atoms with Crippen molar-refractivity contribution in [1.82, 2.24) is 4.90 Å². The second-order valence-corrected chi connectivity index (χ2v) is 4.96. The van der Waals surface area contributed by atoms with E-state index >= 15 is 0 Å². The predicted molar refractivity (Wildman–Crippen MR) is 75.5 cm³/mol. The number of carboxylic acid groups (broad SMARTS) is 1. The molecule has 2 rings (SSSR count). The number of carbonyl (C=O) groups is 2. The first-order valence-corrected chi connectivity index (χ1v) is 6.85. The molecule has 1 heterocycles. The number of nitrogens with zero attached hydrogens (tertiary/aromatic N) is 1. The van der Waals surface area contributed by atoms with Gasteiger partial charge in [-0.15, -0.1) is 0 Å². The highest BCUT2D eigenvalue weighted by Crippen LogP contribution is 2.39. The number of amides is 1.